The van der Waals surface area contributed by atoms with Crippen LogP contribution < -0.4 is 5.32 Å². The number of nitrogens with one attached hydrogen (secondary N) is 1. The average Bonchev–Trinajstić information content (AvgIpc) is 2.15. The Labute approximate surface area is 96.1 Å². The zero-order chi connectivity index (χ0) is 12.6. The predicted octanol–water partition coefficient (Wildman–Crippen LogP) is 1.42. The molecule has 16 heavy (non-hydrogen) atoms. The van der Waals surface area contributed by atoms with Gasteiger partial charge in [-0.25, -0.2) is 0 Å². The van der Waals surface area contributed by atoms with E-state index in [-0.39, 0.29) is 6.16 Å². The Hall–Kier alpha value is -0.640. The van der Waals surface area contributed by atoms with Gasteiger partial charge in [-0.3, -0.25) is 9.36 Å². The van der Waals surface area contributed by atoms with E-state index in [1.807, 2.05) is 6.92 Å². The van der Waals surface area contributed by atoms with E-state index in [0.29, 0.717) is 6.42 Å². The summed E-state index contributed by atoms with van der Waals surface area (Å²) in [4.78, 5) is 28.8. The fourth-order valence-electron chi connectivity index (χ4n) is 1.40. The molecule has 94 valence electrons. The molecular weight excluding hydrogens is 229 g/mol. The van der Waals surface area contributed by atoms with Crippen LogP contribution in [-0.2, 0) is 9.36 Å². The first-order chi connectivity index (χ1) is 7.39. The number of hydrogen-bond acceptors (Lipinski definition) is 2. The van der Waals surface area contributed by atoms with Crippen molar-refractivity contribution in [2.24, 2.45) is 0 Å². The summed E-state index contributed by atoms with van der Waals surface area (Å²) in [7, 11) is -4.09. The van der Waals surface area contributed by atoms with E-state index in [4.69, 9.17) is 9.79 Å². The van der Waals surface area contributed by atoms with E-state index < -0.39 is 19.5 Å². The molecule has 1 atom stereocenters. The van der Waals surface area contributed by atoms with Gasteiger partial charge in [0, 0.05) is 6.04 Å². The largest absolute Gasteiger partial charge is 0.349 e. The summed E-state index contributed by atoms with van der Waals surface area (Å²) in [6.45, 7) is 5.34. The lowest BCUT2D eigenvalue weighted by Crippen LogP contribution is -2.36. The Kier molecular flexibility index (Phi) is 7.30. The first-order valence-electron chi connectivity index (χ1n) is 5.36. The molecule has 3 N–H and O–H groups in total. The van der Waals surface area contributed by atoms with Crippen LogP contribution in [0.1, 0.15) is 32.6 Å². The van der Waals surface area contributed by atoms with Crippen LogP contribution in [0.15, 0.2) is 12.7 Å². The molecule has 6 heteroatoms. The van der Waals surface area contributed by atoms with Gasteiger partial charge in [0.15, 0.2) is 0 Å². The molecule has 0 bridgehead atoms. The summed E-state index contributed by atoms with van der Waals surface area (Å²) in [6.07, 6.45) is 4.24. The summed E-state index contributed by atoms with van der Waals surface area (Å²) in [6, 6.07) is -0.474. The van der Waals surface area contributed by atoms with Crippen molar-refractivity contribution < 1.29 is 19.1 Å². The SMILES string of the molecule is C=CC(=O)NC(CCCCC)CP(=O)(O)O. The third-order valence-corrected chi connectivity index (χ3v) is 3.06. The quantitative estimate of drug-likeness (QED) is 0.345. The molecule has 1 amide bonds. The Morgan fingerprint density at radius 2 is 2.12 bits per heavy atom. The first kappa shape index (κ1) is 15.4. The van der Waals surface area contributed by atoms with Crippen LogP contribution in [0.5, 0.6) is 0 Å². The minimum absolute atomic E-state index is 0.309. The van der Waals surface area contributed by atoms with Crippen molar-refractivity contribution >= 4 is 13.5 Å². The van der Waals surface area contributed by atoms with Gasteiger partial charge in [-0.05, 0) is 12.5 Å². The molecule has 0 rings (SSSR count). The molecule has 1 unspecified atom stereocenters. The lowest BCUT2D eigenvalue weighted by molar-refractivity contribution is -0.117. The zero-order valence-electron chi connectivity index (χ0n) is 9.56. The molecule has 0 aliphatic heterocycles. The Morgan fingerprint density at radius 3 is 2.56 bits per heavy atom. The molecule has 5 nitrogen and oxygen atoms in total. The van der Waals surface area contributed by atoms with Crippen LogP contribution in [0.4, 0.5) is 0 Å². The maximum Gasteiger partial charge on any atom is 0.327 e. The Balaban J connectivity index is 4.21. The molecule has 0 aliphatic rings. The highest BCUT2D eigenvalue weighted by atomic mass is 31.2. The fraction of sp³-hybridized carbons (Fsp3) is 0.700. The van der Waals surface area contributed by atoms with Crippen molar-refractivity contribution in [1.82, 2.24) is 5.32 Å². The monoisotopic (exact) mass is 249 g/mol. The second-order valence-electron chi connectivity index (χ2n) is 3.75. The van der Waals surface area contributed by atoms with Gasteiger partial charge in [-0.15, -0.1) is 0 Å². The normalized spacial score (nSPS) is 13.2. The van der Waals surface area contributed by atoms with Crippen LogP contribution in [0, 0.1) is 0 Å². The second kappa shape index (κ2) is 7.60. The highest BCUT2D eigenvalue weighted by molar-refractivity contribution is 7.51. The molecule has 0 aromatic heterocycles. The minimum atomic E-state index is -4.09. The number of carbonyl (C=O) groups is 1. The molecule has 0 saturated carbocycles. The van der Waals surface area contributed by atoms with Crippen molar-refractivity contribution in [2.45, 2.75) is 38.6 Å². The van der Waals surface area contributed by atoms with Crippen LogP contribution >= 0.6 is 7.60 Å². The molecule has 0 radical (unpaired) electrons. The average molecular weight is 249 g/mol. The number of amides is 1. The maximum atomic E-state index is 11.1. The smallest absolute Gasteiger partial charge is 0.327 e. The molecule has 0 aromatic rings. The van der Waals surface area contributed by atoms with Gasteiger partial charge >= 0.3 is 7.60 Å². The summed E-state index contributed by atoms with van der Waals surface area (Å²) >= 11 is 0. The third-order valence-electron chi connectivity index (χ3n) is 2.15. The lowest BCUT2D eigenvalue weighted by Gasteiger charge is -2.18. The van der Waals surface area contributed by atoms with Gasteiger partial charge < -0.3 is 15.1 Å². The standard InChI is InChI=1S/C10H20NO4P/c1-3-5-6-7-9(8-16(13,14)15)11-10(12)4-2/h4,9H,2-3,5-8H2,1H3,(H,11,12)(H2,13,14,15). The van der Waals surface area contributed by atoms with Crippen molar-refractivity contribution in [3.63, 3.8) is 0 Å². The molecule has 0 aliphatic carbocycles. The van der Waals surface area contributed by atoms with E-state index in [1.54, 1.807) is 0 Å². The number of rotatable bonds is 8. The summed E-state index contributed by atoms with van der Waals surface area (Å²) in [5, 5.41) is 2.53. The zero-order valence-corrected chi connectivity index (χ0v) is 10.4. The highest BCUT2D eigenvalue weighted by Crippen LogP contribution is 2.35. The molecule has 0 heterocycles. The van der Waals surface area contributed by atoms with Crippen LogP contribution in [0.25, 0.3) is 0 Å². The third kappa shape index (κ3) is 8.65. The van der Waals surface area contributed by atoms with E-state index >= 15 is 0 Å². The molecular formula is C10H20NO4P. The number of carbonyl (C=O) groups excluding carboxylic acids is 1. The van der Waals surface area contributed by atoms with Gasteiger partial charge in [0.1, 0.15) is 0 Å². The van der Waals surface area contributed by atoms with Crippen molar-refractivity contribution in [2.75, 3.05) is 6.16 Å². The Morgan fingerprint density at radius 1 is 1.50 bits per heavy atom. The predicted molar refractivity (Wildman–Crippen MR) is 63.2 cm³/mol. The van der Waals surface area contributed by atoms with E-state index in [9.17, 15) is 9.36 Å². The maximum absolute atomic E-state index is 11.1. The number of unbranched alkanes of at least 4 members (excludes halogenated alkanes) is 2. The molecule has 0 aromatic carbocycles. The summed E-state index contributed by atoms with van der Waals surface area (Å²) < 4.78 is 10.9. The van der Waals surface area contributed by atoms with E-state index in [1.165, 1.54) is 0 Å². The topological polar surface area (TPSA) is 86.6 Å². The van der Waals surface area contributed by atoms with Crippen molar-refractivity contribution in [1.29, 1.82) is 0 Å². The fourth-order valence-corrected chi connectivity index (χ4v) is 2.25. The van der Waals surface area contributed by atoms with Crippen LogP contribution in [0.2, 0.25) is 0 Å². The van der Waals surface area contributed by atoms with Gasteiger partial charge in [0.05, 0.1) is 6.16 Å². The molecule has 0 fully saturated rings. The van der Waals surface area contributed by atoms with Gasteiger partial charge in [0.25, 0.3) is 0 Å². The summed E-state index contributed by atoms with van der Waals surface area (Å²) in [5.74, 6) is -0.394. The van der Waals surface area contributed by atoms with Gasteiger partial charge in [-0.2, -0.15) is 0 Å². The highest BCUT2D eigenvalue weighted by Gasteiger charge is 2.21. The van der Waals surface area contributed by atoms with Gasteiger partial charge in [-0.1, -0.05) is 32.8 Å². The first-order valence-corrected chi connectivity index (χ1v) is 7.16. The van der Waals surface area contributed by atoms with E-state index in [2.05, 4.69) is 11.9 Å². The van der Waals surface area contributed by atoms with Crippen LogP contribution in [-0.4, -0.2) is 27.9 Å². The van der Waals surface area contributed by atoms with Crippen molar-refractivity contribution in [3.05, 3.63) is 12.7 Å². The van der Waals surface area contributed by atoms with Gasteiger partial charge in [0.2, 0.25) is 5.91 Å². The molecule has 0 saturated heterocycles. The molecule has 0 spiro atoms. The number of hydrogen-bond donors (Lipinski definition) is 3. The van der Waals surface area contributed by atoms with E-state index in [0.717, 1.165) is 25.3 Å². The lowest BCUT2D eigenvalue weighted by atomic mass is 10.1. The summed E-state index contributed by atoms with van der Waals surface area (Å²) in [5.41, 5.74) is 0. The minimum Gasteiger partial charge on any atom is -0.349 e. The Bertz CT molecular complexity index is 274. The second-order valence-corrected chi connectivity index (χ2v) is 5.45. The van der Waals surface area contributed by atoms with Crippen molar-refractivity contribution in [3.8, 4) is 0 Å². The van der Waals surface area contributed by atoms with Crippen LogP contribution in [0.3, 0.4) is 0 Å².